The predicted molar refractivity (Wildman–Crippen MR) is 47.0 cm³/mol. The Morgan fingerprint density at radius 2 is 2.38 bits per heavy atom. The van der Waals surface area contributed by atoms with Gasteiger partial charge in [-0.15, -0.1) is 0 Å². The van der Waals surface area contributed by atoms with Gasteiger partial charge in [0.05, 0.1) is 17.6 Å². The van der Waals surface area contributed by atoms with Gasteiger partial charge in [-0.25, -0.2) is 14.4 Å². The highest BCUT2D eigenvalue weighted by molar-refractivity contribution is 5.80. The zero-order valence-electron chi connectivity index (χ0n) is 6.60. The molecule has 0 aliphatic heterocycles. The third kappa shape index (κ3) is 1.02. The first-order chi connectivity index (χ1) is 6.35. The average molecular weight is 168 g/mol. The highest BCUT2D eigenvalue weighted by atomic mass is 15.0. The van der Waals surface area contributed by atoms with Crippen molar-refractivity contribution >= 4 is 16.7 Å². The summed E-state index contributed by atoms with van der Waals surface area (Å²) in [6.07, 6.45) is 3.41. The molecule has 1 aromatic carbocycles. The van der Waals surface area contributed by atoms with E-state index in [1.54, 1.807) is 18.2 Å². The summed E-state index contributed by atoms with van der Waals surface area (Å²) >= 11 is 0. The lowest BCUT2D eigenvalue weighted by atomic mass is 10.3. The Bertz CT molecular complexity index is 539. The van der Waals surface area contributed by atoms with Crippen molar-refractivity contribution in [2.24, 2.45) is 0 Å². The summed E-state index contributed by atoms with van der Waals surface area (Å²) in [5, 5.41) is 8.66. The Balaban J connectivity index is 2.79. The Morgan fingerprint density at radius 3 is 3.08 bits per heavy atom. The molecule has 0 saturated heterocycles. The third-order valence-electron chi connectivity index (χ3n) is 1.77. The highest BCUT2D eigenvalue weighted by Gasteiger charge is 2.01. The van der Waals surface area contributed by atoms with E-state index in [1.807, 2.05) is 6.19 Å². The Labute approximate surface area is 74.5 Å². The molecule has 0 aliphatic rings. The molecule has 0 N–H and O–H groups in total. The second-order valence-corrected chi connectivity index (χ2v) is 2.50. The maximum atomic E-state index is 8.66. The van der Waals surface area contributed by atoms with Crippen LogP contribution in [0.4, 0.5) is 5.69 Å². The van der Waals surface area contributed by atoms with Crippen molar-refractivity contribution in [3.8, 4) is 6.19 Å². The molecule has 2 rings (SSSR count). The number of imidazole rings is 1. The average Bonchev–Trinajstić information content (AvgIpc) is 2.59. The highest BCUT2D eigenvalue weighted by Crippen LogP contribution is 2.19. The van der Waals surface area contributed by atoms with Gasteiger partial charge in [-0.05, 0) is 12.1 Å². The lowest BCUT2D eigenvalue weighted by Crippen LogP contribution is -1.82. The molecule has 0 saturated carbocycles. The van der Waals surface area contributed by atoms with Gasteiger partial charge < -0.3 is 0 Å². The van der Waals surface area contributed by atoms with Crippen LogP contribution in [0.25, 0.3) is 15.9 Å². The Morgan fingerprint density at radius 1 is 1.54 bits per heavy atom. The van der Waals surface area contributed by atoms with E-state index < -0.39 is 0 Å². The molecular formula is C9H4N4. The minimum atomic E-state index is 0.538. The van der Waals surface area contributed by atoms with Gasteiger partial charge in [0, 0.05) is 0 Å². The number of fused-ring (bicyclic) bond motifs is 1. The monoisotopic (exact) mass is 168 g/mol. The molecular weight excluding hydrogens is 164 g/mol. The van der Waals surface area contributed by atoms with E-state index in [1.165, 1.54) is 10.9 Å². The molecule has 60 valence electrons. The standard InChI is InChI=1S/C9H4N4/c1-11-7-2-3-9-8(4-7)12-6-13(9)5-10/h2-4,6H. The van der Waals surface area contributed by atoms with E-state index in [2.05, 4.69) is 9.83 Å². The van der Waals surface area contributed by atoms with E-state index >= 15 is 0 Å². The van der Waals surface area contributed by atoms with Crippen molar-refractivity contribution in [1.82, 2.24) is 9.55 Å². The molecule has 0 bridgehead atoms. The van der Waals surface area contributed by atoms with Gasteiger partial charge in [-0.2, -0.15) is 5.26 Å². The number of aromatic nitrogens is 2. The van der Waals surface area contributed by atoms with Gasteiger partial charge in [-0.3, -0.25) is 0 Å². The van der Waals surface area contributed by atoms with Gasteiger partial charge in [-0.1, -0.05) is 6.07 Å². The zero-order chi connectivity index (χ0) is 9.26. The Kier molecular flexibility index (Phi) is 1.47. The van der Waals surface area contributed by atoms with Gasteiger partial charge >= 0.3 is 0 Å². The number of benzene rings is 1. The van der Waals surface area contributed by atoms with Crippen LogP contribution in [0, 0.1) is 18.0 Å². The van der Waals surface area contributed by atoms with Crippen LogP contribution in [0.15, 0.2) is 24.5 Å². The number of hydrogen-bond acceptors (Lipinski definition) is 2. The second kappa shape index (κ2) is 2.62. The number of nitrogens with zero attached hydrogens (tertiary/aromatic N) is 4. The molecule has 13 heavy (non-hydrogen) atoms. The largest absolute Gasteiger partial charge is 0.238 e. The second-order valence-electron chi connectivity index (χ2n) is 2.50. The first-order valence-electron chi connectivity index (χ1n) is 3.60. The summed E-state index contributed by atoms with van der Waals surface area (Å²) < 4.78 is 1.36. The number of nitriles is 1. The van der Waals surface area contributed by atoms with Gasteiger partial charge in [0.2, 0.25) is 0 Å². The van der Waals surface area contributed by atoms with E-state index in [9.17, 15) is 0 Å². The molecule has 0 amide bonds. The fraction of sp³-hybridized carbons (Fsp3) is 0. The summed E-state index contributed by atoms with van der Waals surface area (Å²) in [4.78, 5) is 7.27. The summed E-state index contributed by atoms with van der Waals surface area (Å²) in [6.45, 7) is 6.80. The lowest BCUT2D eigenvalue weighted by Gasteiger charge is -1.90. The fourth-order valence-corrected chi connectivity index (χ4v) is 1.15. The van der Waals surface area contributed by atoms with Crippen molar-refractivity contribution in [2.45, 2.75) is 0 Å². The zero-order valence-corrected chi connectivity index (χ0v) is 6.60. The van der Waals surface area contributed by atoms with Crippen LogP contribution in [-0.2, 0) is 0 Å². The van der Waals surface area contributed by atoms with Crippen molar-refractivity contribution in [3.05, 3.63) is 35.9 Å². The van der Waals surface area contributed by atoms with E-state index in [4.69, 9.17) is 11.8 Å². The molecule has 0 unspecified atom stereocenters. The van der Waals surface area contributed by atoms with Crippen LogP contribution >= 0.6 is 0 Å². The lowest BCUT2D eigenvalue weighted by molar-refractivity contribution is 1.11. The fourth-order valence-electron chi connectivity index (χ4n) is 1.15. The summed E-state index contributed by atoms with van der Waals surface area (Å²) in [5.41, 5.74) is 1.95. The van der Waals surface area contributed by atoms with Gasteiger partial charge in [0.25, 0.3) is 0 Å². The topological polar surface area (TPSA) is 46.0 Å². The van der Waals surface area contributed by atoms with Gasteiger partial charge in [0.15, 0.2) is 11.9 Å². The summed E-state index contributed by atoms with van der Waals surface area (Å²) in [5.74, 6) is 0. The third-order valence-corrected chi connectivity index (χ3v) is 1.77. The number of hydrogen-bond donors (Lipinski definition) is 0. The van der Waals surface area contributed by atoms with Crippen LogP contribution in [0.3, 0.4) is 0 Å². The molecule has 4 heteroatoms. The minimum Gasteiger partial charge on any atom is -0.238 e. The van der Waals surface area contributed by atoms with Crippen molar-refractivity contribution in [1.29, 1.82) is 5.26 Å². The van der Waals surface area contributed by atoms with E-state index in [0.717, 1.165) is 5.52 Å². The first kappa shape index (κ1) is 7.33. The van der Waals surface area contributed by atoms with Crippen LogP contribution in [-0.4, -0.2) is 9.55 Å². The molecule has 0 aliphatic carbocycles. The maximum absolute atomic E-state index is 8.66. The molecule has 0 radical (unpaired) electrons. The molecule has 2 aromatic rings. The quantitative estimate of drug-likeness (QED) is 0.564. The molecule has 4 nitrogen and oxygen atoms in total. The first-order valence-corrected chi connectivity index (χ1v) is 3.60. The van der Waals surface area contributed by atoms with Crippen LogP contribution < -0.4 is 0 Å². The SMILES string of the molecule is [C-]#[N+]c1ccc2c(c1)ncn2C#N. The van der Waals surface area contributed by atoms with Crippen molar-refractivity contribution < 1.29 is 0 Å². The number of rotatable bonds is 0. The van der Waals surface area contributed by atoms with E-state index in [0.29, 0.717) is 11.2 Å². The van der Waals surface area contributed by atoms with Gasteiger partial charge in [0.1, 0.15) is 6.33 Å². The summed E-state index contributed by atoms with van der Waals surface area (Å²) in [7, 11) is 0. The van der Waals surface area contributed by atoms with Crippen LogP contribution in [0.2, 0.25) is 0 Å². The van der Waals surface area contributed by atoms with Crippen LogP contribution in [0.5, 0.6) is 0 Å². The maximum Gasteiger partial charge on any atom is 0.190 e. The van der Waals surface area contributed by atoms with E-state index in [-0.39, 0.29) is 0 Å². The predicted octanol–water partition coefficient (Wildman–Crippen LogP) is 1.92. The Hall–Kier alpha value is -2.33. The smallest absolute Gasteiger partial charge is 0.190 e. The molecule has 0 spiro atoms. The summed E-state index contributed by atoms with van der Waals surface area (Å²) in [6, 6.07) is 5.06. The molecule has 0 fully saturated rings. The molecule has 0 atom stereocenters. The molecule has 1 aromatic heterocycles. The normalized spacial score (nSPS) is 9.38. The minimum absolute atomic E-state index is 0.538. The van der Waals surface area contributed by atoms with Crippen molar-refractivity contribution in [2.75, 3.05) is 0 Å². The molecule has 1 heterocycles. The van der Waals surface area contributed by atoms with Crippen LogP contribution in [0.1, 0.15) is 0 Å². The van der Waals surface area contributed by atoms with Crippen molar-refractivity contribution in [3.63, 3.8) is 0 Å².